The van der Waals surface area contributed by atoms with Crippen molar-refractivity contribution in [3.8, 4) is 0 Å². The predicted octanol–water partition coefficient (Wildman–Crippen LogP) is 3.90. The first kappa shape index (κ1) is 27.1. The zero-order valence-electron chi connectivity index (χ0n) is 22.2. The summed E-state index contributed by atoms with van der Waals surface area (Å²) in [7, 11) is 2.15. The second-order valence-electron chi connectivity index (χ2n) is 9.81. The Balaban J connectivity index is 1.39. The van der Waals surface area contributed by atoms with Crippen LogP contribution in [0.3, 0.4) is 0 Å². The number of nitrogen functional groups attached to an aromatic ring is 1. The van der Waals surface area contributed by atoms with Crippen molar-refractivity contribution < 1.29 is 9.59 Å². The van der Waals surface area contributed by atoms with Crippen LogP contribution < -0.4 is 16.4 Å². The molecule has 0 bridgehead atoms. The van der Waals surface area contributed by atoms with E-state index in [1.54, 1.807) is 29.3 Å². The molecule has 1 aliphatic heterocycles. The molecule has 0 spiro atoms. The third kappa shape index (κ3) is 7.77. The fourth-order valence-corrected chi connectivity index (χ4v) is 4.40. The van der Waals surface area contributed by atoms with E-state index >= 15 is 0 Å². The van der Waals surface area contributed by atoms with Crippen LogP contribution in [0.25, 0.3) is 0 Å². The molecule has 200 valence electrons. The second-order valence-corrected chi connectivity index (χ2v) is 9.81. The largest absolute Gasteiger partial charge is 0.397 e. The minimum atomic E-state index is -0.337. The molecule has 9 heteroatoms. The van der Waals surface area contributed by atoms with Crippen molar-refractivity contribution in [2.75, 3.05) is 62.7 Å². The lowest BCUT2D eigenvalue weighted by molar-refractivity contribution is 0.102. The van der Waals surface area contributed by atoms with Gasteiger partial charge in [-0.05, 0) is 68.4 Å². The molecule has 1 saturated heterocycles. The number of carbonyl (C=O) groups excluding carboxylic acids is 2. The quantitative estimate of drug-likeness (QED) is 0.373. The van der Waals surface area contributed by atoms with E-state index < -0.39 is 0 Å². The fraction of sp³-hybridized carbons (Fsp3) is 0.345. The highest BCUT2D eigenvalue weighted by Gasteiger charge is 2.18. The Hall–Kier alpha value is -3.95. The second kappa shape index (κ2) is 13.0. The number of para-hydroxylation sites is 2. The molecule has 0 atom stereocenters. The van der Waals surface area contributed by atoms with Gasteiger partial charge in [0.2, 0.25) is 0 Å². The summed E-state index contributed by atoms with van der Waals surface area (Å²) in [5.74, 6) is -0.337. The number of aromatic nitrogens is 1. The van der Waals surface area contributed by atoms with Crippen LogP contribution in [0.1, 0.15) is 28.0 Å². The van der Waals surface area contributed by atoms with E-state index in [-0.39, 0.29) is 17.6 Å². The number of hydrogen-bond donors (Lipinski definition) is 3. The fourth-order valence-electron chi connectivity index (χ4n) is 4.40. The summed E-state index contributed by atoms with van der Waals surface area (Å²) in [6, 6.07) is 18.2. The van der Waals surface area contributed by atoms with Crippen molar-refractivity contribution in [3.63, 3.8) is 0 Å². The average Bonchev–Trinajstić information content (AvgIpc) is 2.91. The average molecular weight is 516 g/mol. The highest BCUT2D eigenvalue weighted by molar-refractivity contribution is 6.04. The van der Waals surface area contributed by atoms with Crippen LogP contribution >= 0.6 is 0 Å². The lowest BCUT2D eigenvalue weighted by Crippen LogP contribution is -2.45. The Morgan fingerprint density at radius 2 is 1.79 bits per heavy atom. The number of aryl methyl sites for hydroxylation is 1. The molecule has 1 aromatic heterocycles. The van der Waals surface area contributed by atoms with Crippen molar-refractivity contribution >= 4 is 29.0 Å². The number of nitrogens with one attached hydrogen (secondary N) is 2. The molecule has 0 aliphatic carbocycles. The number of amides is 3. The molecule has 38 heavy (non-hydrogen) atoms. The number of rotatable bonds is 9. The maximum absolute atomic E-state index is 13.3. The molecular weight excluding hydrogens is 478 g/mol. The third-order valence-electron chi connectivity index (χ3n) is 6.69. The van der Waals surface area contributed by atoms with Crippen LogP contribution in [-0.4, -0.2) is 77.9 Å². The van der Waals surface area contributed by atoms with Crippen LogP contribution in [0, 0.1) is 6.92 Å². The van der Waals surface area contributed by atoms with Gasteiger partial charge >= 0.3 is 6.03 Å². The summed E-state index contributed by atoms with van der Waals surface area (Å²) in [5.41, 5.74) is 9.94. The maximum atomic E-state index is 13.3. The van der Waals surface area contributed by atoms with E-state index in [4.69, 9.17) is 5.73 Å². The molecule has 0 radical (unpaired) electrons. The zero-order chi connectivity index (χ0) is 26.9. The Labute approximate surface area is 224 Å². The lowest BCUT2D eigenvalue weighted by Gasteiger charge is -2.33. The van der Waals surface area contributed by atoms with Crippen LogP contribution in [0.4, 0.5) is 21.9 Å². The van der Waals surface area contributed by atoms with Crippen LogP contribution in [0.5, 0.6) is 0 Å². The van der Waals surface area contributed by atoms with Crippen molar-refractivity contribution in [2.24, 2.45) is 0 Å². The van der Waals surface area contributed by atoms with Gasteiger partial charge in [-0.25, -0.2) is 4.79 Å². The van der Waals surface area contributed by atoms with Gasteiger partial charge in [0, 0.05) is 51.2 Å². The Morgan fingerprint density at radius 1 is 1.00 bits per heavy atom. The first-order chi connectivity index (χ1) is 18.4. The van der Waals surface area contributed by atoms with E-state index in [1.807, 2.05) is 49.4 Å². The number of urea groups is 1. The van der Waals surface area contributed by atoms with Crippen molar-refractivity contribution in [1.82, 2.24) is 19.7 Å². The van der Waals surface area contributed by atoms with Gasteiger partial charge in [-0.2, -0.15) is 0 Å². The number of nitrogens with two attached hydrogens (primary N) is 1. The van der Waals surface area contributed by atoms with Gasteiger partial charge in [0.15, 0.2) is 0 Å². The molecule has 1 fully saturated rings. The molecule has 3 aromatic rings. The topological polar surface area (TPSA) is 107 Å². The van der Waals surface area contributed by atoms with Crippen LogP contribution in [-0.2, 0) is 6.54 Å². The summed E-state index contributed by atoms with van der Waals surface area (Å²) in [4.78, 5) is 36.8. The number of nitrogens with zero attached hydrogens (tertiary/aromatic N) is 4. The minimum absolute atomic E-state index is 0.157. The van der Waals surface area contributed by atoms with Crippen molar-refractivity contribution in [1.29, 1.82) is 0 Å². The summed E-state index contributed by atoms with van der Waals surface area (Å²) in [6.07, 6.45) is 2.52. The van der Waals surface area contributed by atoms with E-state index in [9.17, 15) is 9.59 Å². The molecule has 4 N–H and O–H groups in total. The first-order valence-corrected chi connectivity index (χ1v) is 13.0. The third-order valence-corrected chi connectivity index (χ3v) is 6.69. The monoisotopic (exact) mass is 515 g/mol. The predicted molar refractivity (Wildman–Crippen MR) is 152 cm³/mol. The smallest absolute Gasteiger partial charge is 0.322 e. The van der Waals surface area contributed by atoms with Crippen molar-refractivity contribution in [2.45, 2.75) is 19.9 Å². The molecular formula is C29H37N7O2. The van der Waals surface area contributed by atoms with Gasteiger partial charge < -0.3 is 31.1 Å². The van der Waals surface area contributed by atoms with E-state index in [2.05, 4.69) is 32.5 Å². The summed E-state index contributed by atoms with van der Waals surface area (Å²) in [5, 5.41) is 5.82. The molecule has 1 aliphatic rings. The highest BCUT2D eigenvalue weighted by atomic mass is 16.2. The van der Waals surface area contributed by atoms with Gasteiger partial charge in [0.25, 0.3) is 5.91 Å². The Bertz CT molecular complexity index is 1220. The minimum Gasteiger partial charge on any atom is -0.397 e. The van der Waals surface area contributed by atoms with Gasteiger partial charge in [0.05, 0.1) is 11.4 Å². The van der Waals surface area contributed by atoms with Gasteiger partial charge in [-0.1, -0.05) is 30.3 Å². The number of piperazine rings is 1. The number of pyridine rings is 1. The lowest BCUT2D eigenvalue weighted by atomic mass is 10.2. The molecule has 3 amide bonds. The zero-order valence-corrected chi connectivity index (χ0v) is 22.2. The SMILES string of the molecule is Cc1cccc(NC(=O)N(CCCN2CCN(C)CC2)Cc2ccc(C(=O)Nc3ccccc3N)nc2)c1. The van der Waals surface area contributed by atoms with E-state index in [0.29, 0.717) is 24.5 Å². The Kier molecular flexibility index (Phi) is 9.29. The van der Waals surface area contributed by atoms with E-state index in [1.165, 1.54) is 0 Å². The molecule has 9 nitrogen and oxygen atoms in total. The first-order valence-electron chi connectivity index (χ1n) is 13.0. The number of benzene rings is 2. The number of hydrogen-bond acceptors (Lipinski definition) is 6. The van der Waals surface area contributed by atoms with Gasteiger partial charge in [-0.3, -0.25) is 9.78 Å². The summed E-state index contributed by atoms with van der Waals surface area (Å²) >= 11 is 0. The number of anilines is 3. The molecule has 2 aromatic carbocycles. The van der Waals surface area contributed by atoms with Gasteiger partial charge in [0.1, 0.15) is 5.69 Å². The normalized spacial score (nSPS) is 14.2. The van der Waals surface area contributed by atoms with Crippen LogP contribution in [0.2, 0.25) is 0 Å². The van der Waals surface area contributed by atoms with Gasteiger partial charge in [-0.15, -0.1) is 0 Å². The maximum Gasteiger partial charge on any atom is 0.322 e. The number of carbonyl (C=O) groups is 2. The van der Waals surface area contributed by atoms with E-state index in [0.717, 1.165) is 56.0 Å². The standard InChI is InChI=1S/C29H37N7O2/c1-22-7-5-8-24(19-22)32-29(38)36(14-6-13-35-17-15-34(2)16-18-35)21-23-11-12-27(31-20-23)28(37)33-26-10-4-3-9-25(26)30/h3-5,7-12,19-20H,6,13-18,21,30H2,1-2H3,(H,32,38)(H,33,37). The molecule has 4 rings (SSSR count). The molecule has 0 saturated carbocycles. The summed E-state index contributed by atoms with van der Waals surface area (Å²) in [6.45, 7) is 8.18. The van der Waals surface area contributed by atoms with Crippen LogP contribution in [0.15, 0.2) is 66.9 Å². The molecule has 0 unspecified atom stereocenters. The Morgan fingerprint density at radius 3 is 2.50 bits per heavy atom. The van der Waals surface area contributed by atoms with Crippen molar-refractivity contribution in [3.05, 3.63) is 83.7 Å². The molecule has 2 heterocycles. The number of likely N-dealkylation sites (N-methyl/N-ethyl adjacent to an activating group) is 1. The summed E-state index contributed by atoms with van der Waals surface area (Å²) < 4.78 is 0. The highest BCUT2D eigenvalue weighted by Crippen LogP contribution is 2.18.